The van der Waals surface area contributed by atoms with Gasteiger partial charge >= 0.3 is 0 Å². The molecular formula is C30H31N5O. The van der Waals surface area contributed by atoms with Gasteiger partial charge in [0.1, 0.15) is 5.54 Å². The van der Waals surface area contributed by atoms with E-state index in [1.807, 2.05) is 43.6 Å². The van der Waals surface area contributed by atoms with Crippen molar-refractivity contribution in [1.82, 2.24) is 15.6 Å². The van der Waals surface area contributed by atoms with Gasteiger partial charge in [0.25, 0.3) is 5.91 Å². The molecule has 6 rings (SSSR count). The Morgan fingerprint density at radius 3 is 2.64 bits per heavy atom. The normalized spacial score (nSPS) is 22.7. The quantitative estimate of drug-likeness (QED) is 0.485. The second kappa shape index (κ2) is 8.64. The predicted molar refractivity (Wildman–Crippen MR) is 144 cm³/mol. The number of pyridine rings is 1. The van der Waals surface area contributed by atoms with Crippen molar-refractivity contribution < 1.29 is 4.79 Å². The Hall–Kier alpha value is -3.90. The van der Waals surface area contributed by atoms with Crippen molar-refractivity contribution in [3.05, 3.63) is 113 Å². The van der Waals surface area contributed by atoms with Crippen molar-refractivity contribution >= 4 is 17.3 Å². The first-order valence-corrected chi connectivity index (χ1v) is 12.6. The number of amides is 1. The summed E-state index contributed by atoms with van der Waals surface area (Å²) in [5.74, 6) is 0.361. The minimum absolute atomic E-state index is 0.0164. The van der Waals surface area contributed by atoms with Crippen LogP contribution in [-0.2, 0) is 10.3 Å². The first-order valence-electron chi connectivity index (χ1n) is 12.6. The van der Waals surface area contributed by atoms with Gasteiger partial charge in [-0.25, -0.2) is 0 Å². The Morgan fingerprint density at radius 1 is 1.06 bits per heavy atom. The van der Waals surface area contributed by atoms with Crippen LogP contribution in [0, 0.1) is 0 Å². The van der Waals surface area contributed by atoms with Gasteiger partial charge in [-0.1, -0.05) is 62.4 Å². The van der Waals surface area contributed by atoms with Gasteiger partial charge in [0, 0.05) is 29.3 Å². The number of hydrogen-bond donors (Lipinski definition) is 3. The molecule has 1 spiro atoms. The molecule has 1 aliphatic carbocycles. The van der Waals surface area contributed by atoms with Crippen LogP contribution in [0.1, 0.15) is 49.4 Å². The van der Waals surface area contributed by atoms with Gasteiger partial charge in [-0.2, -0.15) is 0 Å². The first kappa shape index (κ1) is 22.6. The largest absolute Gasteiger partial charge is 0.356 e. The van der Waals surface area contributed by atoms with Gasteiger partial charge in [-0.05, 0) is 48.2 Å². The van der Waals surface area contributed by atoms with Crippen LogP contribution in [0.5, 0.6) is 0 Å². The van der Waals surface area contributed by atoms with E-state index in [9.17, 15) is 4.79 Å². The number of anilines is 2. The van der Waals surface area contributed by atoms with Crippen LogP contribution < -0.4 is 20.9 Å². The molecule has 2 aliphatic heterocycles. The van der Waals surface area contributed by atoms with Gasteiger partial charge in [-0.15, -0.1) is 0 Å². The van der Waals surface area contributed by atoms with Crippen molar-refractivity contribution in [3.8, 4) is 0 Å². The van der Waals surface area contributed by atoms with E-state index in [-0.39, 0.29) is 18.0 Å². The standard InChI is InChI=1S/C30H31N5O/c1-19(2)21-7-6-8-22(17-21)20(3)33-29(36)24-11-12-27-30(25-9-4-5-10-26(25)34-28(24)30)32-18-35(27)23-13-15-31-16-14-23/h4-17,19-20,27,32,34H,18H2,1-3H3,(H,33,36). The molecule has 3 aliphatic rings. The van der Waals surface area contributed by atoms with E-state index in [1.54, 1.807) is 0 Å². The lowest BCUT2D eigenvalue weighted by Gasteiger charge is -2.37. The molecule has 6 heteroatoms. The molecule has 1 aromatic heterocycles. The smallest absolute Gasteiger partial charge is 0.253 e. The Labute approximate surface area is 212 Å². The van der Waals surface area contributed by atoms with E-state index in [0.29, 0.717) is 18.2 Å². The fourth-order valence-corrected chi connectivity index (χ4v) is 5.76. The number of fused-ring (bicyclic) bond motifs is 1. The Morgan fingerprint density at radius 2 is 1.83 bits per heavy atom. The highest BCUT2D eigenvalue weighted by atomic mass is 16.1. The van der Waals surface area contributed by atoms with Gasteiger partial charge in [0.15, 0.2) is 0 Å². The number of rotatable bonds is 5. The maximum absolute atomic E-state index is 13.7. The SMILES string of the molecule is CC(C)c1cccc(C(C)NC(=O)C2=C3Nc4ccccc4C34NCN(c3ccncc3)C4C=C2)c1. The van der Waals surface area contributed by atoms with Crippen LogP contribution >= 0.6 is 0 Å². The average Bonchev–Trinajstić information content (AvgIpc) is 3.46. The lowest BCUT2D eigenvalue weighted by Crippen LogP contribution is -2.49. The second-order valence-corrected chi connectivity index (χ2v) is 10.1. The van der Waals surface area contributed by atoms with Crippen molar-refractivity contribution in [3.63, 3.8) is 0 Å². The highest BCUT2D eigenvalue weighted by Gasteiger charge is 2.57. The fraction of sp³-hybridized carbons (Fsp3) is 0.267. The summed E-state index contributed by atoms with van der Waals surface area (Å²) in [6.45, 7) is 7.07. The van der Waals surface area contributed by atoms with Crippen LogP contribution in [0.2, 0.25) is 0 Å². The zero-order valence-electron chi connectivity index (χ0n) is 20.8. The summed E-state index contributed by atoms with van der Waals surface area (Å²) in [5, 5.41) is 10.6. The van der Waals surface area contributed by atoms with Gasteiger partial charge < -0.3 is 15.5 Å². The molecule has 3 aromatic rings. The summed E-state index contributed by atoms with van der Waals surface area (Å²) in [4.78, 5) is 20.2. The number of nitrogens with one attached hydrogen (secondary N) is 3. The molecule has 0 saturated carbocycles. The molecule has 6 nitrogen and oxygen atoms in total. The molecule has 1 fully saturated rings. The minimum atomic E-state index is -0.526. The number of aromatic nitrogens is 1. The van der Waals surface area contributed by atoms with Crippen LogP contribution in [-0.4, -0.2) is 23.6 Å². The van der Waals surface area contributed by atoms with Crippen molar-refractivity contribution in [2.24, 2.45) is 0 Å². The molecule has 3 atom stereocenters. The van der Waals surface area contributed by atoms with E-state index < -0.39 is 5.54 Å². The predicted octanol–water partition coefficient (Wildman–Crippen LogP) is 4.96. The minimum Gasteiger partial charge on any atom is -0.356 e. The van der Waals surface area contributed by atoms with Crippen molar-refractivity contribution in [2.75, 3.05) is 16.9 Å². The van der Waals surface area contributed by atoms with Crippen LogP contribution in [0.25, 0.3) is 0 Å². The maximum Gasteiger partial charge on any atom is 0.253 e. The van der Waals surface area contributed by atoms with Gasteiger partial charge in [0.05, 0.1) is 30.0 Å². The Bertz CT molecular complexity index is 1380. The third-order valence-corrected chi connectivity index (χ3v) is 7.69. The molecule has 36 heavy (non-hydrogen) atoms. The molecule has 3 unspecified atom stereocenters. The average molecular weight is 478 g/mol. The second-order valence-electron chi connectivity index (χ2n) is 10.1. The van der Waals surface area contributed by atoms with Gasteiger partial charge in [0.2, 0.25) is 0 Å². The molecule has 1 saturated heterocycles. The highest BCUT2D eigenvalue weighted by molar-refractivity contribution is 6.00. The molecule has 2 aromatic carbocycles. The Kier molecular flexibility index (Phi) is 5.41. The van der Waals surface area contributed by atoms with Crippen molar-refractivity contribution in [1.29, 1.82) is 0 Å². The fourth-order valence-electron chi connectivity index (χ4n) is 5.76. The molecular weight excluding hydrogens is 446 g/mol. The summed E-state index contributed by atoms with van der Waals surface area (Å²) < 4.78 is 0. The third-order valence-electron chi connectivity index (χ3n) is 7.69. The number of benzene rings is 2. The first-order chi connectivity index (χ1) is 17.5. The van der Waals surface area contributed by atoms with Crippen LogP contribution in [0.4, 0.5) is 11.4 Å². The van der Waals surface area contributed by atoms with Crippen LogP contribution in [0.3, 0.4) is 0 Å². The molecule has 3 heterocycles. The Balaban J connectivity index is 1.36. The lowest BCUT2D eigenvalue weighted by molar-refractivity contribution is -0.117. The summed E-state index contributed by atoms with van der Waals surface area (Å²) in [5.41, 5.74) is 6.72. The zero-order chi connectivity index (χ0) is 24.9. The molecule has 182 valence electrons. The van der Waals surface area contributed by atoms with Crippen molar-refractivity contribution in [2.45, 2.75) is 44.3 Å². The number of carbonyl (C=O) groups is 1. The van der Waals surface area contributed by atoms with E-state index in [1.165, 1.54) is 5.56 Å². The number of carbonyl (C=O) groups excluding carboxylic acids is 1. The summed E-state index contributed by atoms with van der Waals surface area (Å²) in [7, 11) is 0. The molecule has 3 N–H and O–H groups in total. The number of hydrogen-bond acceptors (Lipinski definition) is 5. The summed E-state index contributed by atoms with van der Waals surface area (Å²) >= 11 is 0. The van der Waals surface area contributed by atoms with E-state index in [4.69, 9.17) is 0 Å². The highest BCUT2D eigenvalue weighted by Crippen LogP contribution is 2.51. The monoisotopic (exact) mass is 477 g/mol. The lowest BCUT2D eigenvalue weighted by atomic mass is 9.77. The van der Waals surface area contributed by atoms with E-state index >= 15 is 0 Å². The topological polar surface area (TPSA) is 69.3 Å². The molecule has 0 radical (unpaired) electrons. The number of para-hydroxylation sites is 1. The van der Waals surface area contributed by atoms with E-state index in [2.05, 4.69) is 88.2 Å². The van der Waals surface area contributed by atoms with Crippen LogP contribution in [0.15, 0.2) is 96.5 Å². The third kappa shape index (κ3) is 3.44. The van der Waals surface area contributed by atoms with E-state index in [0.717, 1.165) is 28.2 Å². The summed E-state index contributed by atoms with van der Waals surface area (Å²) in [6.07, 6.45) is 7.77. The zero-order valence-corrected chi connectivity index (χ0v) is 20.8. The maximum atomic E-state index is 13.7. The van der Waals surface area contributed by atoms with Gasteiger partial charge in [-0.3, -0.25) is 15.1 Å². The molecule has 1 amide bonds. The summed E-state index contributed by atoms with van der Waals surface area (Å²) in [6, 6.07) is 20.8. The molecule has 0 bridgehead atoms. The number of nitrogens with zero attached hydrogens (tertiary/aromatic N) is 2.